The molecule has 166 valence electrons. The number of fused-ring (bicyclic) bond motifs is 1. The Bertz CT molecular complexity index is 1410. The van der Waals surface area contributed by atoms with Gasteiger partial charge in [-0.1, -0.05) is 48.5 Å². The molecule has 3 N–H and O–H groups in total. The highest BCUT2D eigenvalue weighted by molar-refractivity contribution is 7.86. The minimum absolute atomic E-state index is 0.197. The normalized spacial score (nSPS) is 11.7. The van der Waals surface area contributed by atoms with Crippen molar-refractivity contribution in [2.24, 2.45) is 0 Å². The van der Waals surface area contributed by atoms with E-state index in [2.05, 4.69) is 10.0 Å². The van der Waals surface area contributed by atoms with Gasteiger partial charge in [0.1, 0.15) is 0 Å². The molecule has 6 nitrogen and oxygen atoms in total. The molecule has 33 heavy (non-hydrogen) atoms. The van der Waals surface area contributed by atoms with Crippen LogP contribution in [0.5, 0.6) is 0 Å². The second kappa shape index (κ2) is 9.26. The van der Waals surface area contributed by atoms with Crippen LogP contribution in [0, 0.1) is 6.92 Å². The van der Waals surface area contributed by atoms with Gasteiger partial charge in [-0.25, -0.2) is 9.00 Å². The number of rotatable bonds is 6. The first-order valence-corrected chi connectivity index (χ1v) is 11.4. The van der Waals surface area contributed by atoms with E-state index in [9.17, 15) is 18.9 Å². The minimum atomic E-state index is -1.57. The standard InChI is InChI=1S/C26H22N2O4S/c1-16-10-11-20(27-17(2)29)15-25(16)33(32)28-24-13-12-21(22-8-3-4-9-23(22)24)18-6-5-7-19(14-18)26(30)31/h3-15,28H,1-2H3,(H,27,29)(H,30,31). The van der Waals surface area contributed by atoms with Gasteiger partial charge in [0.05, 0.1) is 16.1 Å². The van der Waals surface area contributed by atoms with Crippen molar-refractivity contribution in [1.29, 1.82) is 0 Å². The molecule has 7 heteroatoms. The second-order valence-corrected chi connectivity index (χ2v) is 8.81. The van der Waals surface area contributed by atoms with Gasteiger partial charge in [-0.2, -0.15) is 0 Å². The van der Waals surface area contributed by atoms with Gasteiger partial charge < -0.3 is 15.1 Å². The third-order valence-corrected chi connectivity index (χ3v) is 6.50. The fourth-order valence-electron chi connectivity index (χ4n) is 3.70. The highest BCUT2D eigenvalue weighted by atomic mass is 32.2. The number of nitrogens with one attached hydrogen (secondary N) is 2. The van der Waals surface area contributed by atoms with Crippen molar-refractivity contribution in [3.63, 3.8) is 0 Å². The Morgan fingerprint density at radius 1 is 0.879 bits per heavy atom. The summed E-state index contributed by atoms with van der Waals surface area (Å²) >= 11 is 0. The first-order valence-electron chi connectivity index (χ1n) is 10.3. The van der Waals surface area contributed by atoms with Crippen LogP contribution < -0.4 is 10.0 Å². The molecule has 0 saturated heterocycles. The van der Waals surface area contributed by atoms with Gasteiger partial charge in [0.25, 0.3) is 0 Å². The number of carbonyl (C=O) groups is 2. The summed E-state index contributed by atoms with van der Waals surface area (Å²) < 4.78 is 16.3. The molecule has 1 atom stereocenters. The minimum Gasteiger partial charge on any atom is -0.478 e. The van der Waals surface area contributed by atoms with E-state index < -0.39 is 17.0 Å². The Morgan fingerprint density at radius 2 is 1.64 bits per heavy atom. The Morgan fingerprint density at radius 3 is 2.36 bits per heavy atom. The van der Waals surface area contributed by atoms with Crippen molar-refractivity contribution in [2.45, 2.75) is 18.7 Å². The SMILES string of the molecule is CC(=O)Nc1ccc(C)c(S(=O)Nc2ccc(-c3cccc(C(=O)O)c3)c3ccccc23)c1. The summed E-state index contributed by atoms with van der Waals surface area (Å²) in [4.78, 5) is 23.4. The summed E-state index contributed by atoms with van der Waals surface area (Å²) in [6.45, 7) is 3.29. The van der Waals surface area contributed by atoms with Crippen LogP contribution in [-0.4, -0.2) is 21.2 Å². The van der Waals surface area contributed by atoms with Crippen LogP contribution in [0.25, 0.3) is 21.9 Å². The highest BCUT2D eigenvalue weighted by Crippen LogP contribution is 2.34. The topological polar surface area (TPSA) is 95.5 Å². The van der Waals surface area contributed by atoms with Crippen LogP contribution in [0.4, 0.5) is 11.4 Å². The maximum atomic E-state index is 13.2. The summed E-state index contributed by atoms with van der Waals surface area (Å²) in [6.07, 6.45) is 0. The Hall–Kier alpha value is -3.97. The summed E-state index contributed by atoms with van der Waals surface area (Å²) in [6, 6.07) is 23.5. The molecule has 0 aromatic heterocycles. The molecule has 0 radical (unpaired) electrons. The highest BCUT2D eigenvalue weighted by Gasteiger charge is 2.14. The molecule has 0 spiro atoms. The molecule has 0 saturated carbocycles. The molecule has 0 bridgehead atoms. The van der Waals surface area contributed by atoms with E-state index in [1.807, 2.05) is 55.5 Å². The number of hydrogen-bond donors (Lipinski definition) is 3. The van der Waals surface area contributed by atoms with E-state index in [-0.39, 0.29) is 11.5 Å². The van der Waals surface area contributed by atoms with E-state index >= 15 is 0 Å². The largest absolute Gasteiger partial charge is 0.478 e. The van der Waals surface area contributed by atoms with Gasteiger partial charge in [0.15, 0.2) is 11.0 Å². The smallest absolute Gasteiger partial charge is 0.335 e. The number of benzene rings is 4. The molecule has 0 aliphatic rings. The number of aromatic carboxylic acids is 1. The Kier molecular flexibility index (Phi) is 6.24. The monoisotopic (exact) mass is 458 g/mol. The van der Waals surface area contributed by atoms with E-state index in [4.69, 9.17) is 0 Å². The van der Waals surface area contributed by atoms with Crippen LogP contribution in [0.15, 0.2) is 83.8 Å². The van der Waals surface area contributed by atoms with Crippen molar-refractivity contribution in [2.75, 3.05) is 10.0 Å². The fourth-order valence-corrected chi connectivity index (χ4v) is 4.78. The van der Waals surface area contributed by atoms with Gasteiger partial charge in [-0.05, 0) is 59.3 Å². The maximum Gasteiger partial charge on any atom is 0.335 e. The van der Waals surface area contributed by atoms with Crippen molar-refractivity contribution >= 4 is 45.0 Å². The number of anilines is 2. The maximum absolute atomic E-state index is 13.2. The van der Waals surface area contributed by atoms with Crippen LogP contribution in [0.2, 0.25) is 0 Å². The summed E-state index contributed by atoms with van der Waals surface area (Å²) in [5.74, 6) is -1.18. The third kappa shape index (κ3) is 4.78. The molecule has 0 aliphatic carbocycles. The molecule has 0 aliphatic heterocycles. The number of hydrogen-bond acceptors (Lipinski definition) is 3. The molecule has 1 amide bonds. The summed E-state index contributed by atoms with van der Waals surface area (Å²) in [5, 5.41) is 13.8. The molecular formula is C26H22N2O4S. The number of carboxylic acid groups (broad SMARTS) is 1. The van der Waals surface area contributed by atoms with Gasteiger partial charge in [-0.15, -0.1) is 0 Å². The van der Waals surface area contributed by atoms with E-state index in [0.717, 1.165) is 27.5 Å². The molecule has 0 fully saturated rings. The average Bonchev–Trinajstić information content (AvgIpc) is 2.80. The van der Waals surface area contributed by atoms with Gasteiger partial charge in [-0.3, -0.25) is 4.79 Å². The zero-order valence-corrected chi connectivity index (χ0v) is 18.9. The van der Waals surface area contributed by atoms with E-state index in [0.29, 0.717) is 16.3 Å². The zero-order valence-electron chi connectivity index (χ0n) is 18.1. The van der Waals surface area contributed by atoms with Crippen LogP contribution in [-0.2, 0) is 15.8 Å². The van der Waals surface area contributed by atoms with Crippen LogP contribution in [0.1, 0.15) is 22.8 Å². The van der Waals surface area contributed by atoms with Gasteiger partial charge in [0, 0.05) is 18.0 Å². The number of carboxylic acids is 1. The molecule has 4 aromatic carbocycles. The number of carbonyl (C=O) groups excluding carboxylic acids is 1. The predicted molar refractivity (Wildman–Crippen MR) is 132 cm³/mol. The third-order valence-electron chi connectivity index (χ3n) is 5.26. The molecule has 0 heterocycles. The van der Waals surface area contributed by atoms with Crippen LogP contribution >= 0.6 is 0 Å². The average molecular weight is 459 g/mol. The second-order valence-electron chi connectivity index (χ2n) is 7.62. The molecular weight excluding hydrogens is 436 g/mol. The number of amides is 1. The lowest BCUT2D eigenvalue weighted by Gasteiger charge is -2.15. The lowest BCUT2D eigenvalue weighted by atomic mass is 9.96. The summed E-state index contributed by atoms with van der Waals surface area (Å²) in [5.41, 5.74) is 3.99. The van der Waals surface area contributed by atoms with Crippen molar-refractivity contribution in [3.8, 4) is 11.1 Å². The number of aryl methyl sites for hydroxylation is 1. The molecule has 4 aromatic rings. The van der Waals surface area contributed by atoms with E-state index in [1.54, 1.807) is 30.3 Å². The zero-order chi connectivity index (χ0) is 23.5. The van der Waals surface area contributed by atoms with Crippen LogP contribution in [0.3, 0.4) is 0 Å². The van der Waals surface area contributed by atoms with E-state index in [1.165, 1.54) is 6.92 Å². The molecule has 4 rings (SSSR count). The lowest BCUT2D eigenvalue weighted by Crippen LogP contribution is -2.10. The van der Waals surface area contributed by atoms with Crippen molar-refractivity contribution < 1.29 is 18.9 Å². The van der Waals surface area contributed by atoms with Crippen molar-refractivity contribution in [3.05, 3.63) is 90.0 Å². The van der Waals surface area contributed by atoms with Gasteiger partial charge >= 0.3 is 5.97 Å². The Balaban J connectivity index is 1.73. The predicted octanol–water partition coefficient (Wildman–Crippen LogP) is 5.61. The lowest BCUT2D eigenvalue weighted by molar-refractivity contribution is -0.114. The van der Waals surface area contributed by atoms with Gasteiger partial charge in [0.2, 0.25) is 5.91 Å². The Labute approximate surface area is 193 Å². The first-order chi connectivity index (χ1) is 15.8. The quantitative estimate of drug-likeness (QED) is 0.350. The first kappa shape index (κ1) is 22.2. The summed E-state index contributed by atoms with van der Waals surface area (Å²) in [7, 11) is -1.57. The molecule has 1 unspecified atom stereocenters. The van der Waals surface area contributed by atoms with Crippen molar-refractivity contribution in [1.82, 2.24) is 0 Å². The fraction of sp³-hybridized carbons (Fsp3) is 0.0769.